The summed E-state index contributed by atoms with van der Waals surface area (Å²) in [5.41, 5.74) is 1.32. The lowest BCUT2D eigenvalue weighted by molar-refractivity contribution is -0.303. The zero-order valence-electron chi connectivity index (χ0n) is 15.5. The number of ether oxygens (including phenoxy) is 1. The Labute approximate surface area is 164 Å². The summed E-state index contributed by atoms with van der Waals surface area (Å²) in [7, 11) is 0. The molecule has 0 N–H and O–H groups in total. The van der Waals surface area contributed by atoms with Crippen LogP contribution in [-0.4, -0.2) is 43.9 Å². The Kier molecular flexibility index (Phi) is 6.10. The van der Waals surface area contributed by atoms with Gasteiger partial charge in [-0.05, 0) is 30.4 Å². The van der Waals surface area contributed by atoms with E-state index in [0.717, 1.165) is 5.56 Å². The van der Waals surface area contributed by atoms with Crippen molar-refractivity contribution in [2.45, 2.75) is 26.3 Å². The number of rotatable bonds is 6. The number of hydrogen-bond acceptors (Lipinski definition) is 5. The third kappa shape index (κ3) is 5.53. The van der Waals surface area contributed by atoms with Gasteiger partial charge in [-0.15, -0.1) is 23.4 Å². The Morgan fingerprint density at radius 1 is 1.24 bits per heavy atom. The number of nitrogens with zero attached hydrogens (tertiary/aromatic N) is 5. The van der Waals surface area contributed by atoms with Crippen LogP contribution in [0.5, 0.6) is 0 Å². The topological polar surface area (TPSA) is 73.1 Å². The van der Waals surface area contributed by atoms with Crippen molar-refractivity contribution >= 4 is 5.91 Å². The quantitative estimate of drug-likeness (QED) is 0.736. The van der Waals surface area contributed by atoms with Crippen LogP contribution in [0.1, 0.15) is 13.3 Å². The molecule has 0 aliphatic heterocycles. The van der Waals surface area contributed by atoms with Gasteiger partial charge in [0.2, 0.25) is 11.7 Å². The number of likely N-dealkylation sites (N-methyl/N-ethyl adjacent to an activating group) is 1. The van der Waals surface area contributed by atoms with E-state index >= 15 is 0 Å². The summed E-state index contributed by atoms with van der Waals surface area (Å²) in [5.74, 6) is -0.255. The third-order valence-electron chi connectivity index (χ3n) is 4.01. The number of alkyl halides is 3. The van der Waals surface area contributed by atoms with Gasteiger partial charge in [-0.1, -0.05) is 36.4 Å². The number of benzene rings is 1. The maximum Gasteiger partial charge on any atom is 0.573 e. The molecule has 3 rings (SSSR count). The Bertz CT molecular complexity index is 948. The summed E-state index contributed by atoms with van der Waals surface area (Å²) in [6, 6.07) is 9.21. The monoisotopic (exact) mass is 405 g/mol. The average Bonchev–Trinajstić information content (AvgIpc) is 3.02. The zero-order chi connectivity index (χ0) is 20.9. The maximum atomic E-state index is 12.7. The molecule has 1 aliphatic carbocycles. The normalized spacial score (nSPS) is 14.1. The van der Waals surface area contributed by atoms with Gasteiger partial charge < -0.3 is 9.64 Å². The summed E-state index contributed by atoms with van der Waals surface area (Å²) in [4.78, 5) is 15.4. The minimum absolute atomic E-state index is 0.148. The van der Waals surface area contributed by atoms with Crippen LogP contribution in [0.3, 0.4) is 0 Å². The van der Waals surface area contributed by atoms with Crippen LogP contribution >= 0.6 is 0 Å². The van der Waals surface area contributed by atoms with E-state index in [2.05, 4.69) is 20.1 Å². The van der Waals surface area contributed by atoms with Gasteiger partial charge in [0.05, 0.1) is 0 Å². The average molecular weight is 405 g/mol. The van der Waals surface area contributed by atoms with Gasteiger partial charge in [0.1, 0.15) is 12.3 Å². The Morgan fingerprint density at radius 2 is 2.00 bits per heavy atom. The van der Waals surface area contributed by atoms with Crippen LogP contribution in [0, 0.1) is 0 Å². The Hall–Kier alpha value is -3.43. The molecule has 0 atom stereocenters. The van der Waals surface area contributed by atoms with E-state index in [1.54, 1.807) is 6.92 Å². The van der Waals surface area contributed by atoms with E-state index in [1.807, 2.05) is 30.3 Å². The van der Waals surface area contributed by atoms with Gasteiger partial charge in [-0.25, -0.2) is 0 Å². The molecule has 0 radical (unpaired) electrons. The standard InChI is InChI=1S/C19H18F3N5O2/c1-2-26(15-9-6-10-16(12-11-15)29-19(20,21)22)17(28)13-27-24-18(23-25-27)14-7-4-3-5-8-14/h3-8,10-12H,2,9,13H2,1H3. The van der Waals surface area contributed by atoms with E-state index in [-0.39, 0.29) is 24.6 Å². The summed E-state index contributed by atoms with van der Waals surface area (Å²) in [6.07, 6.45) is 0.856. The molecular formula is C19H18F3N5O2. The van der Waals surface area contributed by atoms with Crippen molar-refractivity contribution < 1.29 is 22.7 Å². The highest BCUT2D eigenvalue weighted by atomic mass is 19.4. The minimum atomic E-state index is -4.77. The zero-order valence-corrected chi connectivity index (χ0v) is 15.5. The van der Waals surface area contributed by atoms with Crippen LogP contribution in [-0.2, 0) is 16.1 Å². The molecule has 0 fully saturated rings. The first-order chi connectivity index (χ1) is 13.9. The molecule has 1 aromatic carbocycles. The van der Waals surface area contributed by atoms with Crippen LogP contribution in [0.25, 0.3) is 11.4 Å². The fourth-order valence-corrected chi connectivity index (χ4v) is 2.76. The molecule has 10 heteroatoms. The lowest BCUT2D eigenvalue weighted by Crippen LogP contribution is -2.33. The molecule has 0 saturated carbocycles. The fraction of sp³-hybridized carbons (Fsp3) is 0.263. The molecule has 0 saturated heterocycles. The fourth-order valence-electron chi connectivity index (χ4n) is 2.76. The minimum Gasteiger partial charge on any atom is -0.406 e. The molecular weight excluding hydrogens is 387 g/mol. The molecule has 0 bridgehead atoms. The Balaban J connectivity index is 1.71. The first-order valence-corrected chi connectivity index (χ1v) is 8.82. The van der Waals surface area contributed by atoms with Crippen molar-refractivity contribution in [3.8, 4) is 11.4 Å². The number of carbonyl (C=O) groups is 1. The van der Waals surface area contributed by atoms with E-state index < -0.39 is 6.36 Å². The second kappa shape index (κ2) is 8.72. The van der Waals surface area contributed by atoms with Crippen molar-refractivity contribution in [1.29, 1.82) is 0 Å². The highest BCUT2D eigenvalue weighted by molar-refractivity contribution is 5.78. The smallest absolute Gasteiger partial charge is 0.406 e. The first-order valence-electron chi connectivity index (χ1n) is 8.82. The van der Waals surface area contributed by atoms with Crippen LogP contribution in [0.2, 0.25) is 0 Å². The highest BCUT2D eigenvalue weighted by Gasteiger charge is 2.31. The lowest BCUT2D eigenvalue weighted by Gasteiger charge is -2.22. The molecule has 7 nitrogen and oxygen atoms in total. The number of aromatic nitrogens is 4. The molecule has 152 valence electrons. The lowest BCUT2D eigenvalue weighted by atomic mass is 10.2. The highest BCUT2D eigenvalue weighted by Crippen LogP contribution is 2.24. The number of tetrazole rings is 1. The summed E-state index contributed by atoms with van der Waals surface area (Å²) in [6.45, 7) is 1.96. The summed E-state index contributed by atoms with van der Waals surface area (Å²) in [5, 5.41) is 12.1. The SMILES string of the molecule is CCN(C(=O)Cn1nnc(-c2ccccc2)n1)C1=CC=C(OC(F)(F)F)C=CC1. The first kappa shape index (κ1) is 20.3. The second-order valence-electron chi connectivity index (χ2n) is 6.03. The molecule has 1 aliphatic rings. The van der Waals surface area contributed by atoms with E-state index in [4.69, 9.17) is 0 Å². The molecule has 1 heterocycles. The summed E-state index contributed by atoms with van der Waals surface area (Å²) < 4.78 is 41.1. The van der Waals surface area contributed by atoms with Crippen molar-refractivity contribution in [3.63, 3.8) is 0 Å². The molecule has 1 aromatic heterocycles. The van der Waals surface area contributed by atoms with Crippen molar-refractivity contribution in [2.75, 3.05) is 6.54 Å². The van der Waals surface area contributed by atoms with Crippen molar-refractivity contribution in [2.24, 2.45) is 0 Å². The number of halogens is 3. The number of amides is 1. The number of allylic oxidation sites excluding steroid dienone is 4. The largest absolute Gasteiger partial charge is 0.573 e. The Morgan fingerprint density at radius 3 is 2.69 bits per heavy atom. The number of carbonyl (C=O) groups excluding carboxylic acids is 1. The van der Waals surface area contributed by atoms with Crippen LogP contribution < -0.4 is 0 Å². The van der Waals surface area contributed by atoms with Gasteiger partial charge >= 0.3 is 6.36 Å². The van der Waals surface area contributed by atoms with Crippen LogP contribution in [0.15, 0.2) is 66.1 Å². The molecule has 1 amide bonds. The van der Waals surface area contributed by atoms with Gasteiger partial charge in [0.15, 0.2) is 0 Å². The molecule has 0 unspecified atom stereocenters. The van der Waals surface area contributed by atoms with Crippen LogP contribution in [0.4, 0.5) is 13.2 Å². The van der Waals surface area contributed by atoms with Gasteiger partial charge in [-0.2, -0.15) is 4.80 Å². The molecule has 29 heavy (non-hydrogen) atoms. The van der Waals surface area contributed by atoms with E-state index in [9.17, 15) is 18.0 Å². The van der Waals surface area contributed by atoms with E-state index in [0.29, 0.717) is 18.1 Å². The molecule has 0 spiro atoms. The van der Waals surface area contributed by atoms with Gasteiger partial charge in [0, 0.05) is 24.2 Å². The maximum absolute atomic E-state index is 12.7. The summed E-state index contributed by atoms with van der Waals surface area (Å²) >= 11 is 0. The predicted molar refractivity (Wildman–Crippen MR) is 97.7 cm³/mol. The predicted octanol–water partition coefficient (Wildman–Crippen LogP) is 3.45. The third-order valence-corrected chi connectivity index (χ3v) is 4.01. The molecule has 2 aromatic rings. The van der Waals surface area contributed by atoms with Crippen molar-refractivity contribution in [3.05, 3.63) is 66.1 Å². The van der Waals surface area contributed by atoms with Crippen molar-refractivity contribution in [1.82, 2.24) is 25.1 Å². The van der Waals surface area contributed by atoms with E-state index in [1.165, 1.54) is 34.0 Å². The van der Waals surface area contributed by atoms with Gasteiger partial charge in [0.25, 0.3) is 0 Å². The number of hydrogen-bond donors (Lipinski definition) is 0. The van der Waals surface area contributed by atoms with Gasteiger partial charge in [-0.3, -0.25) is 4.79 Å². The second-order valence-corrected chi connectivity index (χ2v) is 6.03.